The third-order valence-corrected chi connectivity index (χ3v) is 3.31. The number of carbonyl (C=O) groups is 1. The first kappa shape index (κ1) is 11.3. The summed E-state index contributed by atoms with van der Waals surface area (Å²) in [6, 6.07) is 5.00. The van der Waals surface area contributed by atoms with Gasteiger partial charge >= 0.3 is 0 Å². The Labute approximate surface area is 99.6 Å². The highest BCUT2D eigenvalue weighted by atomic mass is 35.5. The number of phenols is 1. The molecule has 2 rings (SSSR count). The third-order valence-electron chi connectivity index (χ3n) is 2.95. The fraction of sp³-hybridized carbons (Fsp3) is 0.417. The van der Waals surface area contributed by atoms with E-state index in [1.807, 2.05) is 0 Å². The van der Waals surface area contributed by atoms with Crippen molar-refractivity contribution >= 4 is 17.5 Å². The van der Waals surface area contributed by atoms with E-state index in [4.69, 9.17) is 11.6 Å². The van der Waals surface area contributed by atoms with Crippen LogP contribution in [0.5, 0.6) is 5.75 Å². The van der Waals surface area contributed by atoms with Gasteiger partial charge in [-0.15, -0.1) is 11.6 Å². The van der Waals surface area contributed by atoms with Crippen LogP contribution >= 0.6 is 11.6 Å². The minimum Gasteiger partial charge on any atom is -0.508 e. The SMILES string of the molecule is Cc1c(O)cccc1C(=O)N1CCC(Cl)C1. The highest BCUT2D eigenvalue weighted by Gasteiger charge is 2.26. The predicted molar refractivity (Wildman–Crippen MR) is 63.0 cm³/mol. The lowest BCUT2D eigenvalue weighted by Gasteiger charge is -2.17. The van der Waals surface area contributed by atoms with Gasteiger partial charge in [-0.25, -0.2) is 0 Å². The molecule has 1 aromatic rings. The molecule has 3 nitrogen and oxygen atoms in total. The van der Waals surface area contributed by atoms with E-state index in [-0.39, 0.29) is 17.0 Å². The topological polar surface area (TPSA) is 40.5 Å². The molecule has 1 saturated heterocycles. The molecule has 1 fully saturated rings. The molecular weight excluding hydrogens is 226 g/mol. The summed E-state index contributed by atoms with van der Waals surface area (Å²) in [5, 5.41) is 9.60. The van der Waals surface area contributed by atoms with Gasteiger partial charge in [0.1, 0.15) is 5.75 Å². The predicted octanol–water partition coefficient (Wildman–Crippen LogP) is 2.15. The molecule has 86 valence electrons. The number of likely N-dealkylation sites (tertiary alicyclic amines) is 1. The van der Waals surface area contributed by atoms with Crippen LogP contribution in [0, 0.1) is 6.92 Å². The molecule has 16 heavy (non-hydrogen) atoms. The number of carbonyl (C=O) groups excluding carboxylic acids is 1. The van der Waals surface area contributed by atoms with Crippen LogP contribution in [-0.4, -0.2) is 34.4 Å². The largest absolute Gasteiger partial charge is 0.508 e. The standard InChI is InChI=1S/C12H14ClNO2/c1-8-10(3-2-4-11(8)15)12(16)14-6-5-9(13)7-14/h2-4,9,15H,5-7H2,1H3. The third kappa shape index (κ3) is 2.00. The van der Waals surface area contributed by atoms with Crippen molar-refractivity contribution in [3.8, 4) is 5.75 Å². The Morgan fingerprint density at radius 1 is 1.56 bits per heavy atom. The van der Waals surface area contributed by atoms with E-state index in [1.165, 1.54) is 0 Å². The van der Waals surface area contributed by atoms with Crippen LogP contribution < -0.4 is 0 Å². The second-order valence-corrected chi connectivity index (χ2v) is 4.70. The molecule has 0 radical (unpaired) electrons. The molecule has 1 aromatic carbocycles. The maximum atomic E-state index is 12.1. The van der Waals surface area contributed by atoms with Crippen LogP contribution in [0.1, 0.15) is 22.3 Å². The van der Waals surface area contributed by atoms with Crippen LogP contribution in [-0.2, 0) is 0 Å². The smallest absolute Gasteiger partial charge is 0.254 e. The molecule has 0 spiro atoms. The average Bonchev–Trinajstić information content (AvgIpc) is 2.68. The zero-order valence-electron chi connectivity index (χ0n) is 9.11. The number of hydrogen-bond donors (Lipinski definition) is 1. The Morgan fingerprint density at radius 2 is 2.31 bits per heavy atom. The van der Waals surface area contributed by atoms with Gasteiger partial charge in [0.2, 0.25) is 0 Å². The summed E-state index contributed by atoms with van der Waals surface area (Å²) in [6.07, 6.45) is 0.838. The summed E-state index contributed by atoms with van der Waals surface area (Å²) in [5.41, 5.74) is 1.19. The number of amides is 1. The van der Waals surface area contributed by atoms with Crippen molar-refractivity contribution in [1.29, 1.82) is 0 Å². The van der Waals surface area contributed by atoms with Gasteiger partial charge in [0.15, 0.2) is 0 Å². The molecule has 0 aliphatic carbocycles. The maximum absolute atomic E-state index is 12.1. The fourth-order valence-electron chi connectivity index (χ4n) is 1.93. The van der Waals surface area contributed by atoms with E-state index >= 15 is 0 Å². The molecule has 0 bridgehead atoms. The zero-order chi connectivity index (χ0) is 11.7. The number of benzene rings is 1. The molecule has 1 aliphatic heterocycles. The normalized spacial score (nSPS) is 20.1. The van der Waals surface area contributed by atoms with E-state index in [2.05, 4.69) is 0 Å². The Kier molecular flexibility index (Phi) is 3.06. The van der Waals surface area contributed by atoms with Gasteiger partial charge in [-0.2, -0.15) is 0 Å². The number of alkyl halides is 1. The summed E-state index contributed by atoms with van der Waals surface area (Å²) in [6.45, 7) is 3.04. The van der Waals surface area contributed by atoms with E-state index in [9.17, 15) is 9.90 Å². The first-order valence-corrected chi connectivity index (χ1v) is 5.75. The summed E-state index contributed by atoms with van der Waals surface area (Å²) >= 11 is 5.97. The molecule has 1 amide bonds. The highest BCUT2D eigenvalue weighted by molar-refractivity contribution is 6.21. The lowest BCUT2D eigenvalue weighted by atomic mass is 10.1. The zero-order valence-corrected chi connectivity index (χ0v) is 9.87. The second kappa shape index (κ2) is 4.34. The van der Waals surface area contributed by atoms with Crippen molar-refractivity contribution in [3.63, 3.8) is 0 Å². The van der Waals surface area contributed by atoms with Gasteiger partial charge in [0.25, 0.3) is 5.91 Å². The van der Waals surface area contributed by atoms with E-state index in [0.29, 0.717) is 24.2 Å². The Morgan fingerprint density at radius 3 is 2.94 bits per heavy atom. The van der Waals surface area contributed by atoms with Crippen LogP contribution in [0.2, 0.25) is 0 Å². The lowest BCUT2D eigenvalue weighted by molar-refractivity contribution is 0.0792. The molecule has 0 saturated carbocycles. The van der Waals surface area contributed by atoms with E-state index in [1.54, 1.807) is 30.0 Å². The second-order valence-electron chi connectivity index (χ2n) is 4.09. The Bertz CT molecular complexity index is 419. The van der Waals surface area contributed by atoms with E-state index in [0.717, 1.165) is 6.42 Å². The van der Waals surface area contributed by atoms with Crippen molar-refractivity contribution in [2.45, 2.75) is 18.7 Å². The van der Waals surface area contributed by atoms with Crippen LogP contribution in [0.25, 0.3) is 0 Å². The van der Waals surface area contributed by atoms with Gasteiger partial charge in [-0.3, -0.25) is 4.79 Å². The maximum Gasteiger partial charge on any atom is 0.254 e. The minimum atomic E-state index is -0.0449. The van der Waals surface area contributed by atoms with Gasteiger partial charge in [-0.1, -0.05) is 6.07 Å². The van der Waals surface area contributed by atoms with Crippen LogP contribution in [0.3, 0.4) is 0 Å². The summed E-state index contributed by atoms with van der Waals surface area (Å²) in [5.74, 6) is 0.115. The van der Waals surface area contributed by atoms with Crippen molar-refractivity contribution in [2.24, 2.45) is 0 Å². The quantitative estimate of drug-likeness (QED) is 0.763. The molecule has 1 unspecified atom stereocenters. The fourth-order valence-corrected chi connectivity index (χ4v) is 2.19. The van der Waals surface area contributed by atoms with Crippen LogP contribution in [0.4, 0.5) is 0 Å². The van der Waals surface area contributed by atoms with Gasteiger partial charge in [0.05, 0.1) is 5.38 Å². The number of rotatable bonds is 1. The van der Waals surface area contributed by atoms with Gasteiger partial charge in [-0.05, 0) is 25.5 Å². The first-order chi connectivity index (χ1) is 7.59. The molecular formula is C12H14ClNO2. The van der Waals surface area contributed by atoms with Gasteiger partial charge < -0.3 is 10.0 Å². The molecule has 1 aliphatic rings. The summed E-state index contributed by atoms with van der Waals surface area (Å²) < 4.78 is 0. The van der Waals surface area contributed by atoms with Crippen molar-refractivity contribution in [3.05, 3.63) is 29.3 Å². The summed E-state index contributed by atoms with van der Waals surface area (Å²) in [4.78, 5) is 13.9. The lowest BCUT2D eigenvalue weighted by Crippen LogP contribution is -2.29. The minimum absolute atomic E-state index is 0.0449. The molecule has 1 atom stereocenters. The van der Waals surface area contributed by atoms with Crippen molar-refractivity contribution in [1.82, 2.24) is 4.90 Å². The summed E-state index contributed by atoms with van der Waals surface area (Å²) in [7, 11) is 0. The molecule has 1 N–H and O–H groups in total. The Balaban J connectivity index is 2.24. The molecule has 4 heteroatoms. The first-order valence-electron chi connectivity index (χ1n) is 5.31. The number of nitrogens with zero attached hydrogens (tertiary/aromatic N) is 1. The van der Waals surface area contributed by atoms with E-state index < -0.39 is 0 Å². The number of aromatic hydroxyl groups is 1. The number of hydrogen-bond acceptors (Lipinski definition) is 2. The average molecular weight is 240 g/mol. The van der Waals surface area contributed by atoms with Crippen molar-refractivity contribution < 1.29 is 9.90 Å². The van der Waals surface area contributed by atoms with Crippen LogP contribution in [0.15, 0.2) is 18.2 Å². The number of halogens is 1. The Hall–Kier alpha value is -1.22. The number of phenolic OH excluding ortho intramolecular Hbond substituents is 1. The highest BCUT2D eigenvalue weighted by Crippen LogP contribution is 2.23. The van der Waals surface area contributed by atoms with Crippen molar-refractivity contribution in [2.75, 3.05) is 13.1 Å². The monoisotopic (exact) mass is 239 g/mol. The van der Waals surface area contributed by atoms with Gasteiger partial charge in [0, 0.05) is 24.2 Å². The molecule has 1 heterocycles. The molecule has 0 aromatic heterocycles.